The van der Waals surface area contributed by atoms with Crippen molar-refractivity contribution >= 4 is 0 Å². The van der Waals surface area contributed by atoms with E-state index < -0.39 is 5.41 Å². The molecule has 2 aromatic carbocycles. The smallest absolute Gasteiger partial charge is 0.130 e. The van der Waals surface area contributed by atoms with Crippen molar-refractivity contribution in [1.82, 2.24) is 4.90 Å². The lowest BCUT2D eigenvalue weighted by Crippen LogP contribution is -2.42. The second-order valence-electron chi connectivity index (χ2n) is 6.67. The molecule has 0 aromatic heterocycles. The Balaban J connectivity index is 1.65. The predicted octanol–water partition coefficient (Wildman–Crippen LogP) is 2.80. The van der Waals surface area contributed by atoms with Gasteiger partial charge in [0.1, 0.15) is 11.6 Å². The summed E-state index contributed by atoms with van der Waals surface area (Å²) in [7, 11) is 0. The van der Waals surface area contributed by atoms with E-state index in [0.29, 0.717) is 17.9 Å². The summed E-state index contributed by atoms with van der Waals surface area (Å²) in [6.45, 7) is 2.72. The minimum Gasteiger partial charge on any atom is -0.492 e. The van der Waals surface area contributed by atoms with E-state index in [1.54, 1.807) is 6.07 Å². The minimum absolute atomic E-state index is 0.0106. The number of nitrogens with zero attached hydrogens (tertiary/aromatic N) is 1. The molecule has 3 nitrogen and oxygen atoms in total. The first-order valence-electron chi connectivity index (χ1n) is 8.00. The third kappa shape index (κ3) is 2.42. The van der Waals surface area contributed by atoms with Crippen molar-refractivity contribution in [2.45, 2.75) is 12.5 Å². The Bertz CT molecular complexity index is 706. The van der Waals surface area contributed by atoms with Gasteiger partial charge in [-0.2, -0.15) is 0 Å². The Morgan fingerprint density at radius 3 is 2.78 bits per heavy atom. The van der Waals surface area contributed by atoms with E-state index >= 15 is 0 Å². The molecule has 4 heteroatoms. The van der Waals surface area contributed by atoms with Crippen LogP contribution in [-0.4, -0.2) is 36.3 Å². The molecule has 0 radical (unpaired) electrons. The van der Waals surface area contributed by atoms with Crippen LogP contribution in [0, 0.1) is 11.2 Å². The quantitative estimate of drug-likeness (QED) is 0.946. The van der Waals surface area contributed by atoms with Crippen LogP contribution in [0.4, 0.5) is 4.39 Å². The van der Waals surface area contributed by atoms with Gasteiger partial charge in [-0.3, -0.25) is 4.90 Å². The first-order valence-corrected chi connectivity index (χ1v) is 8.00. The number of hydrogen-bond donors (Lipinski definition) is 1. The number of aliphatic hydroxyl groups excluding tert-OH is 1. The molecule has 2 heterocycles. The van der Waals surface area contributed by atoms with Gasteiger partial charge in [0.2, 0.25) is 0 Å². The summed E-state index contributed by atoms with van der Waals surface area (Å²) < 4.78 is 20.2. The van der Waals surface area contributed by atoms with Crippen molar-refractivity contribution in [3.05, 3.63) is 65.5 Å². The normalized spacial score (nSPS) is 26.4. The van der Waals surface area contributed by atoms with Crippen molar-refractivity contribution in [2.75, 3.05) is 26.3 Å². The molecule has 2 atom stereocenters. The Labute approximate surface area is 135 Å². The Hall–Kier alpha value is -1.91. The van der Waals surface area contributed by atoms with Gasteiger partial charge in [0.05, 0.1) is 13.2 Å². The summed E-state index contributed by atoms with van der Waals surface area (Å²) in [6.07, 6.45) is 0. The largest absolute Gasteiger partial charge is 0.492 e. The van der Waals surface area contributed by atoms with Gasteiger partial charge in [0, 0.05) is 36.5 Å². The van der Waals surface area contributed by atoms with E-state index in [1.807, 2.05) is 24.3 Å². The summed E-state index contributed by atoms with van der Waals surface area (Å²) in [4.78, 5) is 2.29. The average Bonchev–Trinajstić information content (AvgIpc) is 2.94. The number of rotatable bonds is 3. The zero-order valence-electron chi connectivity index (χ0n) is 12.9. The Kier molecular flexibility index (Phi) is 3.58. The minimum atomic E-state index is -0.413. The fourth-order valence-electron chi connectivity index (χ4n) is 3.99. The molecule has 1 N–H and O–H groups in total. The first kappa shape index (κ1) is 14.7. The van der Waals surface area contributed by atoms with Crippen LogP contribution in [0.25, 0.3) is 0 Å². The molecule has 0 saturated carbocycles. The highest BCUT2D eigenvalue weighted by Crippen LogP contribution is 2.50. The van der Waals surface area contributed by atoms with Crippen LogP contribution in [0.1, 0.15) is 17.0 Å². The summed E-state index contributed by atoms with van der Waals surface area (Å²) >= 11 is 0. The second-order valence-corrected chi connectivity index (χ2v) is 6.67. The van der Waals surface area contributed by atoms with E-state index in [2.05, 4.69) is 17.0 Å². The summed E-state index contributed by atoms with van der Waals surface area (Å²) in [6, 6.07) is 15.2. The van der Waals surface area contributed by atoms with Gasteiger partial charge in [-0.1, -0.05) is 36.4 Å². The highest BCUT2D eigenvalue weighted by Gasteiger charge is 2.51. The fourth-order valence-corrected chi connectivity index (χ4v) is 3.99. The molecule has 2 aliphatic heterocycles. The fraction of sp³-hybridized carbons (Fsp3) is 0.368. The molecule has 4 rings (SSSR count). The van der Waals surface area contributed by atoms with Crippen LogP contribution in [-0.2, 0) is 6.54 Å². The SMILES string of the molecule is OC[C@@]12COc3cccc(F)c3[C@H]1CN(Cc1ccccc1)C2. The molecule has 0 unspecified atom stereocenters. The summed E-state index contributed by atoms with van der Waals surface area (Å²) in [5.41, 5.74) is 1.45. The van der Waals surface area contributed by atoms with E-state index in [4.69, 9.17) is 4.74 Å². The number of aliphatic hydroxyl groups is 1. The maximum Gasteiger partial charge on any atom is 0.130 e. The lowest BCUT2D eigenvalue weighted by molar-refractivity contribution is 0.0443. The molecule has 0 spiro atoms. The van der Waals surface area contributed by atoms with Gasteiger partial charge >= 0.3 is 0 Å². The number of benzene rings is 2. The van der Waals surface area contributed by atoms with Crippen molar-refractivity contribution in [3.63, 3.8) is 0 Å². The van der Waals surface area contributed by atoms with Crippen LogP contribution < -0.4 is 4.74 Å². The number of likely N-dealkylation sites (tertiary alicyclic amines) is 1. The molecule has 0 amide bonds. The number of ether oxygens (including phenoxy) is 1. The van der Waals surface area contributed by atoms with Crippen LogP contribution in [0.3, 0.4) is 0 Å². The van der Waals surface area contributed by atoms with Crippen LogP contribution >= 0.6 is 0 Å². The molecular weight excluding hydrogens is 293 g/mol. The Morgan fingerprint density at radius 1 is 1.17 bits per heavy atom. The molecule has 120 valence electrons. The average molecular weight is 313 g/mol. The standard InChI is InChI=1S/C19H20FNO2/c20-16-7-4-8-17-18(16)15-10-21(9-14-5-2-1-3-6-14)11-19(15,12-22)13-23-17/h1-8,15,22H,9-13H2/t15-,19+/m1/s1. The third-order valence-electron chi connectivity index (χ3n) is 5.16. The van der Waals surface area contributed by atoms with Gasteiger partial charge in [0.25, 0.3) is 0 Å². The molecule has 2 aliphatic rings. The monoisotopic (exact) mass is 313 g/mol. The van der Waals surface area contributed by atoms with Crippen LogP contribution in [0.15, 0.2) is 48.5 Å². The first-order chi connectivity index (χ1) is 11.2. The van der Waals surface area contributed by atoms with Gasteiger partial charge in [-0.25, -0.2) is 4.39 Å². The van der Waals surface area contributed by atoms with Gasteiger partial charge in [-0.15, -0.1) is 0 Å². The highest BCUT2D eigenvalue weighted by molar-refractivity contribution is 5.42. The van der Waals surface area contributed by atoms with Gasteiger partial charge < -0.3 is 9.84 Å². The maximum absolute atomic E-state index is 14.4. The molecule has 1 saturated heterocycles. The lowest BCUT2D eigenvalue weighted by Gasteiger charge is -2.38. The molecular formula is C19H20FNO2. The molecule has 0 aliphatic carbocycles. The van der Waals surface area contributed by atoms with E-state index in [-0.39, 0.29) is 18.3 Å². The van der Waals surface area contributed by atoms with Crippen molar-refractivity contribution in [2.24, 2.45) is 5.41 Å². The van der Waals surface area contributed by atoms with E-state index in [1.165, 1.54) is 11.6 Å². The second kappa shape index (κ2) is 5.62. The van der Waals surface area contributed by atoms with Crippen LogP contribution in [0.2, 0.25) is 0 Å². The van der Waals surface area contributed by atoms with Crippen LogP contribution in [0.5, 0.6) is 5.75 Å². The molecule has 0 bridgehead atoms. The molecule has 1 fully saturated rings. The highest BCUT2D eigenvalue weighted by atomic mass is 19.1. The maximum atomic E-state index is 14.4. The van der Waals surface area contributed by atoms with E-state index in [0.717, 1.165) is 19.6 Å². The van der Waals surface area contributed by atoms with Gasteiger partial charge in [0.15, 0.2) is 0 Å². The number of halogens is 1. The van der Waals surface area contributed by atoms with Crippen molar-refractivity contribution < 1.29 is 14.2 Å². The zero-order chi connectivity index (χ0) is 15.9. The van der Waals surface area contributed by atoms with Crippen molar-refractivity contribution in [1.29, 1.82) is 0 Å². The Morgan fingerprint density at radius 2 is 2.00 bits per heavy atom. The number of fused-ring (bicyclic) bond motifs is 3. The topological polar surface area (TPSA) is 32.7 Å². The molecule has 23 heavy (non-hydrogen) atoms. The molecule has 2 aromatic rings. The third-order valence-corrected chi connectivity index (χ3v) is 5.16. The summed E-state index contributed by atoms with van der Waals surface area (Å²) in [5.74, 6) is 0.369. The lowest BCUT2D eigenvalue weighted by atomic mass is 9.73. The zero-order valence-corrected chi connectivity index (χ0v) is 12.9. The van der Waals surface area contributed by atoms with Crippen molar-refractivity contribution in [3.8, 4) is 5.75 Å². The van der Waals surface area contributed by atoms with E-state index in [9.17, 15) is 9.50 Å². The number of hydrogen-bond acceptors (Lipinski definition) is 3. The van der Waals surface area contributed by atoms with Gasteiger partial charge in [-0.05, 0) is 17.7 Å². The summed E-state index contributed by atoms with van der Waals surface area (Å²) in [5, 5.41) is 10.0. The predicted molar refractivity (Wildman–Crippen MR) is 85.9 cm³/mol.